The zero-order chi connectivity index (χ0) is 25.0. The van der Waals surface area contributed by atoms with Crippen molar-refractivity contribution in [1.82, 2.24) is 15.2 Å². The van der Waals surface area contributed by atoms with Crippen LogP contribution in [0.5, 0.6) is 5.75 Å². The highest BCUT2D eigenvalue weighted by Gasteiger charge is 2.34. The summed E-state index contributed by atoms with van der Waals surface area (Å²) in [5, 5.41) is 10.8. The molecule has 3 aliphatic heterocycles. The van der Waals surface area contributed by atoms with E-state index in [1.807, 2.05) is 13.8 Å². The van der Waals surface area contributed by atoms with E-state index in [4.69, 9.17) is 19.6 Å². The van der Waals surface area contributed by atoms with Gasteiger partial charge in [-0.2, -0.15) is 0 Å². The third-order valence-electron chi connectivity index (χ3n) is 6.60. The van der Waals surface area contributed by atoms with Crippen LogP contribution in [-0.4, -0.2) is 79.3 Å². The first-order valence-electron chi connectivity index (χ1n) is 12.2. The standard InChI is InChI=1S/C24H33N5O2S.CH2O2/c1-24(2)16-18-21(22(30)26-24)32-23(25-18)29-13-14-31-20-15-17(7-8-19(20)29)27(3)9-6-12-28-10-4-5-11-28;2-1-3/h7-8,15H,4-6,9-14,16H2,1-3H3,(H,26,30);1H,(H,2,3). The number of fused-ring (bicyclic) bond motifs is 2. The van der Waals surface area contributed by atoms with E-state index in [1.54, 1.807) is 0 Å². The van der Waals surface area contributed by atoms with Crippen molar-refractivity contribution in [1.29, 1.82) is 0 Å². The van der Waals surface area contributed by atoms with Crippen molar-refractivity contribution in [2.75, 3.05) is 56.2 Å². The highest BCUT2D eigenvalue weighted by molar-refractivity contribution is 7.17. The number of carbonyl (C=O) groups excluding carboxylic acids is 1. The third kappa shape index (κ3) is 5.87. The lowest BCUT2D eigenvalue weighted by Crippen LogP contribution is -2.48. The van der Waals surface area contributed by atoms with Crippen molar-refractivity contribution in [2.24, 2.45) is 0 Å². The molecule has 0 unspecified atom stereocenters. The molecular weight excluding hydrogens is 466 g/mol. The molecule has 35 heavy (non-hydrogen) atoms. The van der Waals surface area contributed by atoms with Crippen molar-refractivity contribution in [3.8, 4) is 5.75 Å². The van der Waals surface area contributed by atoms with Gasteiger partial charge >= 0.3 is 0 Å². The Bertz CT molecular complexity index is 1050. The third-order valence-corrected chi connectivity index (χ3v) is 7.72. The van der Waals surface area contributed by atoms with E-state index in [0.29, 0.717) is 6.61 Å². The summed E-state index contributed by atoms with van der Waals surface area (Å²) in [4.78, 5) is 33.6. The first kappa shape index (κ1) is 25.2. The average Bonchev–Trinajstić information content (AvgIpc) is 3.48. The SMILES string of the molecule is CN(CCCN1CCCC1)c1ccc2c(c1)OCCN2c1nc2c(s1)C(=O)NC(C)(C)C2.O=CO. The van der Waals surface area contributed by atoms with Gasteiger partial charge in [-0.25, -0.2) is 4.98 Å². The first-order valence-corrected chi connectivity index (χ1v) is 13.0. The monoisotopic (exact) mass is 501 g/mol. The molecule has 0 saturated carbocycles. The van der Waals surface area contributed by atoms with Crippen molar-refractivity contribution in [3.63, 3.8) is 0 Å². The van der Waals surface area contributed by atoms with Gasteiger partial charge in [0.25, 0.3) is 12.4 Å². The van der Waals surface area contributed by atoms with Crippen LogP contribution >= 0.6 is 11.3 Å². The molecule has 0 atom stereocenters. The number of carboxylic acid groups (broad SMARTS) is 1. The number of carbonyl (C=O) groups is 2. The Morgan fingerprint density at radius 2 is 2.03 bits per heavy atom. The molecule has 190 valence electrons. The molecule has 3 aliphatic rings. The van der Waals surface area contributed by atoms with Crippen LogP contribution in [0.4, 0.5) is 16.5 Å². The van der Waals surface area contributed by atoms with E-state index < -0.39 is 0 Å². The Morgan fingerprint density at radius 1 is 1.29 bits per heavy atom. The molecule has 1 fully saturated rings. The number of anilines is 3. The number of nitrogens with one attached hydrogen (secondary N) is 1. The Morgan fingerprint density at radius 3 is 2.77 bits per heavy atom. The van der Waals surface area contributed by atoms with Gasteiger partial charge in [-0.3, -0.25) is 9.59 Å². The fourth-order valence-corrected chi connectivity index (χ4v) is 5.91. The van der Waals surface area contributed by atoms with Crippen molar-refractivity contribution in [2.45, 2.75) is 45.1 Å². The maximum atomic E-state index is 12.5. The number of aromatic nitrogens is 1. The second kappa shape index (κ2) is 10.8. The van der Waals surface area contributed by atoms with E-state index in [2.05, 4.69) is 45.3 Å². The van der Waals surface area contributed by atoms with Crippen LogP contribution in [0.2, 0.25) is 0 Å². The molecule has 9 nitrogen and oxygen atoms in total. The van der Waals surface area contributed by atoms with E-state index in [-0.39, 0.29) is 17.9 Å². The summed E-state index contributed by atoms with van der Waals surface area (Å²) in [5.41, 5.74) is 2.84. The maximum absolute atomic E-state index is 12.5. The molecular formula is C25H35N5O4S. The van der Waals surface area contributed by atoms with Crippen LogP contribution in [0.1, 0.15) is 48.5 Å². The van der Waals surface area contributed by atoms with E-state index in [0.717, 1.165) is 46.6 Å². The fourth-order valence-electron chi connectivity index (χ4n) is 4.89. The van der Waals surface area contributed by atoms with Crippen LogP contribution in [0.15, 0.2) is 18.2 Å². The van der Waals surface area contributed by atoms with Crippen molar-refractivity contribution < 1.29 is 19.4 Å². The molecule has 1 aromatic carbocycles. The minimum absolute atomic E-state index is 0.0145. The molecule has 0 radical (unpaired) electrons. The Hall–Kier alpha value is -2.85. The highest BCUT2D eigenvalue weighted by atomic mass is 32.1. The second-order valence-electron chi connectivity index (χ2n) is 9.87. The summed E-state index contributed by atoms with van der Waals surface area (Å²) < 4.78 is 6.03. The second-order valence-corrected chi connectivity index (χ2v) is 10.8. The zero-order valence-electron chi connectivity index (χ0n) is 20.7. The topological polar surface area (TPSA) is 98.2 Å². The fraction of sp³-hybridized carbons (Fsp3) is 0.560. The summed E-state index contributed by atoms with van der Waals surface area (Å²) in [6.45, 7) is 9.89. The van der Waals surface area contributed by atoms with Gasteiger partial charge in [0.05, 0.1) is 17.9 Å². The molecule has 0 aliphatic carbocycles. The number of hydrogen-bond donors (Lipinski definition) is 2. The molecule has 10 heteroatoms. The number of nitrogens with zero attached hydrogens (tertiary/aromatic N) is 4. The van der Waals surface area contributed by atoms with Gasteiger partial charge in [-0.05, 0) is 64.9 Å². The molecule has 5 rings (SSSR count). The lowest BCUT2D eigenvalue weighted by atomic mass is 9.94. The van der Waals surface area contributed by atoms with Gasteiger partial charge in [0.1, 0.15) is 17.2 Å². The lowest BCUT2D eigenvalue weighted by molar-refractivity contribution is -0.122. The van der Waals surface area contributed by atoms with Gasteiger partial charge in [0, 0.05) is 37.3 Å². The zero-order valence-corrected chi connectivity index (χ0v) is 21.6. The number of hydrogen-bond acceptors (Lipinski definition) is 8. The molecule has 0 spiro atoms. The molecule has 1 amide bonds. The molecule has 1 saturated heterocycles. The van der Waals surface area contributed by atoms with E-state index >= 15 is 0 Å². The quantitative estimate of drug-likeness (QED) is 0.582. The normalized spacial score (nSPS) is 18.5. The summed E-state index contributed by atoms with van der Waals surface area (Å²) in [5.74, 6) is 0.873. The van der Waals surface area contributed by atoms with E-state index in [9.17, 15) is 4.79 Å². The predicted octanol–water partition coefficient (Wildman–Crippen LogP) is 3.36. The lowest BCUT2D eigenvalue weighted by Gasteiger charge is -2.30. The molecule has 2 aromatic rings. The summed E-state index contributed by atoms with van der Waals surface area (Å²) in [6, 6.07) is 6.44. The Balaban J connectivity index is 0.000000917. The average molecular weight is 502 g/mol. The number of likely N-dealkylation sites (tertiary alicyclic amines) is 1. The van der Waals surface area contributed by atoms with Crippen molar-refractivity contribution >= 4 is 40.2 Å². The molecule has 4 heterocycles. The van der Waals surface area contributed by atoms with Crippen LogP contribution in [-0.2, 0) is 11.2 Å². The van der Waals surface area contributed by atoms with Gasteiger partial charge in [0.15, 0.2) is 5.13 Å². The van der Waals surface area contributed by atoms with Gasteiger partial charge in [-0.15, -0.1) is 0 Å². The number of thiazole rings is 1. The Kier molecular flexibility index (Phi) is 7.81. The molecule has 1 aromatic heterocycles. The highest BCUT2D eigenvalue weighted by Crippen LogP contribution is 2.42. The van der Waals surface area contributed by atoms with Gasteiger partial charge in [-0.1, -0.05) is 11.3 Å². The van der Waals surface area contributed by atoms with E-state index in [1.165, 1.54) is 55.9 Å². The summed E-state index contributed by atoms with van der Waals surface area (Å²) in [7, 11) is 2.15. The molecule has 0 bridgehead atoms. The number of rotatable bonds is 6. The van der Waals surface area contributed by atoms with Crippen molar-refractivity contribution in [3.05, 3.63) is 28.8 Å². The molecule has 2 N–H and O–H groups in total. The number of ether oxygens (including phenoxy) is 1. The van der Waals surface area contributed by atoms with Gasteiger partial charge < -0.3 is 29.9 Å². The summed E-state index contributed by atoms with van der Waals surface area (Å²) >= 11 is 1.48. The van der Waals surface area contributed by atoms with Crippen LogP contribution < -0.4 is 19.9 Å². The predicted molar refractivity (Wildman–Crippen MR) is 139 cm³/mol. The Labute approximate surface area is 210 Å². The van der Waals surface area contributed by atoms with Crippen LogP contribution in [0, 0.1) is 0 Å². The smallest absolute Gasteiger partial charge is 0.290 e. The van der Waals surface area contributed by atoms with Crippen LogP contribution in [0.3, 0.4) is 0 Å². The number of amides is 1. The van der Waals surface area contributed by atoms with Crippen LogP contribution in [0.25, 0.3) is 0 Å². The summed E-state index contributed by atoms with van der Waals surface area (Å²) in [6.07, 6.45) is 4.62. The first-order chi connectivity index (χ1) is 16.8. The minimum atomic E-state index is -0.257. The maximum Gasteiger partial charge on any atom is 0.290 e. The largest absolute Gasteiger partial charge is 0.489 e. The van der Waals surface area contributed by atoms with Gasteiger partial charge in [0.2, 0.25) is 0 Å². The minimum Gasteiger partial charge on any atom is -0.489 e. The number of benzene rings is 1.